The number of aryl methyl sites for hydroxylation is 2. The van der Waals surface area contributed by atoms with E-state index in [9.17, 15) is 0 Å². The zero-order valence-corrected chi connectivity index (χ0v) is 14.1. The first-order chi connectivity index (χ1) is 12.2. The van der Waals surface area contributed by atoms with Crippen LogP contribution in [0.1, 0.15) is 6.42 Å². The number of nitrogen functional groups attached to an aromatic ring is 2. The van der Waals surface area contributed by atoms with Crippen molar-refractivity contribution >= 4 is 33.2 Å². The van der Waals surface area contributed by atoms with Gasteiger partial charge < -0.3 is 11.5 Å². The number of rotatable bonds is 4. The second-order valence-corrected chi connectivity index (χ2v) is 6.32. The first-order valence-corrected chi connectivity index (χ1v) is 8.57. The highest BCUT2D eigenvalue weighted by atomic mass is 15.0. The monoisotopic (exact) mass is 330 g/mol. The summed E-state index contributed by atoms with van der Waals surface area (Å²) >= 11 is 0. The van der Waals surface area contributed by atoms with Gasteiger partial charge in [0.25, 0.3) is 0 Å². The Morgan fingerprint density at radius 3 is 1.52 bits per heavy atom. The van der Waals surface area contributed by atoms with Gasteiger partial charge in [-0.2, -0.15) is 9.13 Å². The lowest BCUT2D eigenvalue weighted by molar-refractivity contribution is -0.702. The van der Waals surface area contributed by atoms with Crippen LogP contribution < -0.4 is 20.6 Å². The highest BCUT2D eigenvalue weighted by Crippen LogP contribution is 2.18. The smallest absolute Gasteiger partial charge is 0.214 e. The van der Waals surface area contributed by atoms with Gasteiger partial charge in [0.05, 0.1) is 28.6 Å². The molecular formula is C21H22N4+2. The molecule has 0 saturated carbocycles. The Morgan fingerprint density at radius 2 is 1.04 bits per heavy atom. The zero-order chi connectivity index (χ0) is 17.2. The van der Waals surface area contributed by atoms with Crippen molar-refractivity contribution in [2.24, 2.45) is 0 Å². The minimum absolute atomic E-state index is 0.825. The van der Waals surface area contributed by atoms with Crippen molar-refractivity contribution in [3.63, 3.8) is 0 Å². The van der Waals surface area contributed by atoms with Crippen molar-refractivity contribution < 1.29 is 9.13 Å². The molecule has 4 aromatic rings. The van der Waals surface area contributed by atoms with Crippen LogP contribution in [0.4, 0.5) is 11.4 Å². The topological polar surface area (TPSA) is 59.8 Å². The fourth-order valence-electron chi connectivity index (χ4n) is 3.42. The number of benzene rings is 2. The number of para-hydroxylation sites is 2. The van der Waals surface area contributed by atoms with Crippen LogP contribution in [0.15, 0.2) is 73.1 Å². The van der Waals surface area contributed by atoms with Gasteiger partial charge in [-0.15, -0.1) is 0 Å². The Balaban J connectivity index is 1.58. The molecule has 25 heavy (non-hydrogen) atoms. The van der Waals surface area contributed by atoms with Crippen molar-refractivity contribution in [3.05, 3.63) is 73.1 Å². The molecule has 0 unspecified atom stereocenters. The fraction of sp³-hybridized carbons (Fsp3) is 0.143. The second-order valence-electron chi connectivity index (χ2n) is 6.32. The molecule has 4 nitrogen and oxygen atoms in total. The average molecular weight is 330 g/mol. The molecule has 0 fully saturated rings. The zero-order valence-electron chi connectivity index (χ0n) is 14.1. The summed E-state index contributed by atoms with van der Waals surface area (Å²) in [5.41, 5.74) is 16.2. The number of anilines is 2. The molecule has 2 aromatic carbocycles. The van der Waals surface area contributed by atoms with Gasteiger partial charge in [0.1, 0.15) is 0 Å². The average Bonchev–Trinajstić information content (AvgIpc) is 2.66. The molecule has 2 aromatic heterocycles. The third kappa shape index (κ3) is 2.87. The third-order valence-electron chi connectivity index (χ3n) is 4.72. The van der Waals surface area contributed by atoms with E-state index in [1.807, 2.05) is 24.3 Å². The molecular weight excluding hydrogens is 308 g/mol. The first-order valence-electron chi connectivity index (χ1n) is 8.57. The Bertz CT molecular complexity index is 971. The summed E-state index contributed by atoms with van der Waals surface area (Å²) in [5.74, 6) is 0. The van der Waals surface area contributed by atoms with Crippen molar-refractivity contribution in [2.45, 2.75) is 19.5 Å². The van der Waals surface area contributed by atoms with Gasteiger partial charge in [-0.05, 0) is 12.1 Å². The predicted octanol–water partition coefficient (Wildman–Crippen LogP) is 2.82. The van der Waals surface area contributed by atoms with Crippen LogP contribution in [-0.4, -0.2) is 0 Å². The highest BCUT2D eigenvalue weighted by molar-refractivity contribution is 5.88. The predicted molar refractivity (Wildman–Crippen MR) is 102 cm³/mol. The van der Waals surface area contributed by atoms with E-state index in [1.165, 1.54) is 11.0 Å². The molecule has 0 atom stereocenters. The highest BCUT2D eigenvalue weighted by Gasteiger charge is 2.14. The van der Waals surface area contributed by atoms with E-state index < -0.39 is 0 Å². The Morgan fingerprint density at radius 1 is 0.600 bits per heavy atom. The van der Waals surface area contributed by atoms with Crippen molar-refractivity contribution in [3.8, 4) is 0 Å². The molecule has 4 N–H and O–H groups in total. The van der Waals surface area contributed by atoms with Crippen LogP contribution in [0.5, 0.6) is 0 Å². The molecule has 0 aliphatic heterocycles. The molecule has 0 spiro atoms. The fourth-order valence-corrected chi connectivity index (χ4v) is 3.42. The van der Waals surface area contributed by atoms with Crippen LogP contribution in [0, 0.1) is 0 Å². The van der Waals surface area contributed by atoms with Crippen molar-refractivity contribution in [1.82, 2.24) is 0 Å². The summed E-state index contributed by atoms with van der Waals surface area (Å²) in [4.78, 5) is 0. The van der Waals surface area contributed by atoms with E-state index in [0.29, 0.717) is 0 Å². The van der Waals surface area contributed by atoms with Gasteiger partial charge in [0.15, 0.2) is 25.5 Å². The molecule has 2 heterocycles. The summed E-state index contributed by atoms with van der Waals surface area (Å²) in [5, 5.41) is 2.21. The second kappa shape index (κ2) is 6.40. The normalized spacial score (nSPS) is 11.2. The van der Waals surface area contributed by atoms with Crippen molar-refractivity contribution in [2.75, 3.05) is 11.5 Å². The standard InChI is InChI=1S/C21H20N4/c22-18-10-14-24(20-8-3-1-6-16(18)20)12-5-13-25-15-11-19(23)17-7-2-4-9-21(17)25/h1-4,6-11,14-15,22-23H,5,12-13H2/p+2. The molecule has 4 heteroatoms. The van der Waals surface area contributed by atoms with Gasteiger partial charge >= 0.3 is 0 Å². The quantitative estimate of drug-likeness (QED) is 0.565. The Kier molecular flexibility index (Phi) is 3.94. The van der Waals surface area contributed by atoms with Gasteiger partial charge in [-0.25, -0.2) is 0 Å². The lowest BCUT2D eigenvalue weighted by atomic mass is 10.1. The van der Waals surface area contributed by atoms with E-state index in [0.717, 1.165) is 41.7 Å². The number of pyridine rings is 2. The summed E-state index contributed by atoms with van der Waals surface area (Å²) in [6, 6.07) is 20.5. The lowest BCUT2D eigenvalue weighted by Crippen LogP contribution is -2.39. The summed E-state index contributed by atoms with van der Waals surface area (Å²) in [6.07, 6.45) is 5.17. The van der Waals surface area contributed by atoms with Crippen LogP contribution in [0.3, 0.4) is 0 Å². The SMILES string of the molecule is Nc1cc[n+](CCC[n+]2ccc(N)c3ccccc32)c2ccccc12. The number of aromatic nitrogens is 2. The molecule has 0 aliphatic rings. The number of fused-ring (bicyclic) bond motifs is 2. The number of hydrogen-bond acceptors (Lipinski definition) is 2. The third-order valence-corrected chi connectivity index (χ3v) is 4.72. The van der Waals surface area contributed by atoms with Crippen molar-refractivity contribution in [1.29, 1.82) is 0 Å². The largest absolute Gasteiger partial charge is 0.398 e. The molecule has 0 bridgehead atoms. The molecule has 0 amide bonds. The number of hydrogen-bond donors (Lipinski definition) is 2. The van der Waals surface area contributed by atoms with Gasteiger partial charge in [-0.3, -0.25) is 0 Å². The first kappa shape index (κ1) is 15.4. The lowest BCUT2D eigenvalue weighted by Gasteiger charge is -2.05. The maximum absolute atomic E-state index is 6.09. The summed E-state index contributed by atoms with van der Waals surface area (Å²) < 4.78 is 4.54. The minimum atomic E-state index is 0.825. The van der Waals surface area contributed by atoms with Crippen LogP contribution in [0.2, 0.25) is 0 Å². The van der Waals surface area contributed by atoms with E-state index >= 15 is 0 Å². The van der Waals surface area contributed by atoms with Crippen LogP contribution in [-0.2, 0) is 13.1 Å². The minimum Gasteiger partial charge on any atom is -0.398 e. The van der Waals surface area contributed by atoms with E-state index in [-0.39, 0.29) is 0 Å². The van der Waals surface area contributed by atoms with E-state index in [2.05, 4.69) is 57.9 Å². The van der Waals surface area contributed by atoms with Gasteiger partial charge in [0, 0.05) is 24.3 Å². The summed E-state index contributed by atoms with van der Waals surface area (Å²) in [7, 11) is 0. The summed E-state index contributed by atoms with van der Waals surface area (Å²) in [6.45, 7) is 1.87. The van der Waals surface area contributed by atoms with Gasteiger partial charge in [-0.1, -0.05) is 24.3 Å². The Labute approximate surface area is 146 Å². The van der Waals surface area contributed by atoms with Gasteiger partial charge in [0.2, 0.25) is 11.0 Å². The maximum Gasteiger partial charge on any atom is 0.214 e. The van der Waals surface area contributed by atoms with E-state index in [1.54, 1.807) is 0 Å². The Hall–Kier alpha value is -3.14. The number of nitrogens with zero attached hydrogens (tertiary/aromatic N) is 2. The molecule has 124 valence electrons. The molecule has 4 rings (SSSR count). The molecule has 0 saturated heterocycles. The maximum atomic E-state index is 6.09. The molecule has 0 aliphatic carbocycles. The number of nitrogens with two attached hydrogens (primary N) is 2. The van der Waals surface area contributed by atoms with Crippen LogP contribution >= 0.6 is 0 Å². The van der Waals surface area contributed by atoms with E-state index in [4.69, 9.17) is 11.5 Å². The molecule has 0 radical (unpaired) electrons. The van der Waals surface area contributed by atoms with Crippen LogP contribution in [0.25, 0.3) is 21.8 Å².